The summed E-state index contributed by atoms with van der Waals surface area (Å²) in [7, 11) is 0. The number of nitrogens with zero attached hydrogens (tertiary/aromatic N) is 1. The topological polar surface area (TPSA) is 37.4 Å². The molecule has 2 aromatic carbocycles. The zero-order valence-corrected chi connectivity index (χ0v) is 14.2. The van der Waals surface area contributed by atoms with Crippen LogP contribution in [0.2, 0.25) is 0 Å². The summed E-state index contributed by atoms with van der Waals surface area (Å²) in [6, 6.07) is 17.3. The van der Waals surface area contributed by atoms with Crippen molar-refractivity contribution in [2.24, 2.45) is 5.92 Å². The van der Waals surface area contributed by atoms with Gasteiger partial charge >= 0.3 is 0 Å². The minimum Gasteiger partial charge on any atom is -0.307 e. The smallest absolute Gasteiger partial charge is 0.237 e. The van der Waals surface area contributed by atoms with Gasteiger partial charge in [0.15, 0.2) is 0 Å². The molecule has 114 valence electrons. The monoisotopic (exact) mass is 359 g/mol. The van der Waals surface area contributed by atoms with Gasteiger partial charge in [0, 0.05) is 10.2 Å². The molecule has 0 radical (unpaired) electrons. The van der Waals surface area contributed by atoms with Crippen LogP contribution in [0.4, 0.5) is 5.69 Å². The molecule has 4 heteroatoms. The Kier molecular flexibility index (Phi) is 5.50. The van der Waals surface area contributed by atoms with Crippen LogP contribution in [0, 0.1) is 5.92 Å². The Morgan fingerprint density at radius 2 is 1.77 bits per heavy atom. The van der Waals surface area contributed by atoms with E-state index in [0.717, 1.165) is 15.7 Å². The molecule has 0 N–H and O–H groups in total. The molecule has 0 saturated heterocycles. The van der Waals surface area contributed by atoms with Gasteiger partial charge in [0.25, 0.3) is 0 Å². The van der Waals surface area contributed by atoms with Crippen molar-refractivity contribution in [3.8, 4) is 0 Å². The van der Waals surface area contributed by atoms with Crippen molar-refractivity contribution >= 4 is 33.3 Å². The van der Waals surface area contributed by atoms with Crippen LogP contribution in [0.1, 0.15) is 19.4 Å². The lowest BCUT2D eigenvalue weighted by Crippen LogP contribution is -2.37. The number of hydrogen-bond donors (Lipinski definition) is 0. The van der Waals surface area contributed by atoms with E-state index in [1.165, 1.54) is 6.92 Å². The largest absolute Gasteiger partial charge is 0.307 e. The van der Waals surface area contributed by atoms with E-state index in [9.17, 15) is 9.59 Å². The highest BCUT2D eigenvalue weighted by Gasteiger charge is 2.25. The third kappa shape index (κ3) is 4.04. The Labute approximate surface area is 139 Å². The molecule has 2 rings (SSSR count). The molecule has 3 nitrogen and oxygen atoms in total. The minimum atomic E-state index is -0.650. The number of anilines is 1. The molecule has 0 aliphatic carbocycles. The molecule has 1 atom stereocenters. The molecule has 0 heterocycles. The lowest BCUT2D eigenvalue weighted by atomic mass is 10.0. The van der Waals surface area contributed by atoms with E-state index in [-0.39, 0.29) is 11.7 Å². The Balaban J connectivity index is 2.36. The van der Waals surface area contributed by atoms with Crippen LogP contribution in [-0.4, -0.2) is 11.7 Å². The summed E-state index contributed by atoms with van der Waals surface area (Å²) in [5, 5.41) is 0. The van der Waals surface area contributed by atoms with Crippen LogP contribution >= 0.6 is 15.9 Å². The van der Waals surface area contributed by atoms with E-state index in [1.807, 2.05) is 54.6 Å². The Morgan fingerprint density at radius 1 is 1.09 bits per heavy atom. The van der Waals surface area contributed by atoms with Gasteiger partial charge in [-0.2, -0.15) is 0 Å². The van der Waals surface area contributed by atoms with E-state index in [4.69, 9.17) is 0 Å². The lowest BCUT2D eigenvalue weighted by Gasteiger charge is -2.25. The van der Waals surface area contributed by atoms with Crippen LogP contribution < -0.4 is 4.90 Å². The summed E-state index contributed by atoms with van der Waals surface area (Å²) >= 11 is 3.43. The number of halogens is 1. The van der Waals surface area contributed by atoms with Crippen LogP contribution in [0.5, 0.6) is 0 Å². The Morgan fingerprint density at radius 3 is 2.36 bits per heavy atom. The van der Waals surface area contributed by atoms with Gasteiger partial charge in [-0.25, -0.2) is 0 Å². The average Bonchev–Trinajstić information content (AvgIpc) is 2.52. The van der Waals surface area contributed by atoms with Gasteiger partial charge in [-0.05, 0) is 37.6 Å². The summed E-state index contributed by atoms with van der Waals surface area (Å²) in [6.45, 7) is 3.54. The molecule has 0 bridgehead atoms. The molecule has 0 aliphatic rings. The van der Waals surface area contributed by atoms with E-state index in [1.54, 1.807) is 11.8 Å². The molecular formula is C18H18BrNO2. The minimum absolute atomic E-state index is 0.127. The number of benzene rings is 2. The number of carbonyl (C=O) groups excluding carboxylic acids is 2. The highest BCUT2D eigenvalue weighted by atomic mass is 79.9. The predicted octanol–water partition coefficient (Wildman–Crippen LogP) is 4.21. The molecule has 0 aromatic heterocycles. The first-order valence-electron chi connectivity index (χ1n) is 7.10. The molecule has 22 heavy (non-hydrogen) atoms. The maximum absolute atomic E-state index is 12.7. The lowest BCUT2D eigenvalue weighted by molar-refractivity contribution is -0.130. The van der Waals surface area contributed by atoms with Crippen molar-refractivity contribution in [2.75, 3.05) is 4.90 Å². The van der Waals surface area contributed by atoms with E-state index < -0.39 is 5.92 Å². The predicted molar refractivity (Wildman–Crippen MR) is 91.6 cm³/mol. The maximum Gasteiger partial charge on any atom is 0.237 e. The van der Waals surface area contributed by atoms with E-state index in [2.05, 4.69) is 15.9 Å². The first kappa shape index (κ1) is 16.4. The highest BCUT2D eigenvalue weighted by Crippen LogP contribution is 2.23. The number of Topliss-reactive ketones (excluding diaryl/α,β-unsaturated/α-hetero) is 1. The second-order valence-electron chi connectivity index (χ2n) is 5.22. The van der Waals surface area contributed by atoms with Gasteiger partial charge in [-0.15, -0.1) is 0 Å². The zero-order chi connectivity index (χ0) is 16.1. The quantitative estimate of drug-likeness (QED) is 0.750. The second-order valence-corrected chi connectivity index (χ2v) is 6.14. The molecular weight excluding hydrogens is 342 g/mol. The highest BCUT2D eigenvalue weighted by molar-refractivity contribution is 9.10. The van der Waals surface area contributed by atoms with Gasteiger partial charge in [-0.1, -0.05) is 52.3 Å². The van der Waals surface area contributed by atoms with Crippen molar-refractivity contribution in [3.05, 3.63) is 64.6 Å². The molecule has 1 unspecified atom stereocenters. The first-order valence-corrected chi connectivity index (χ1v) is 7.89. The summed E-state index contributed by atoms with van der Waals surface area (Å²) in [4.78, 5) is 25.9. The van der Waals surface area contributed by atoms with Crippen molar-refractivity contribution in [2.45, 2.75) is 20.4 Å². The Bertz CT molecular complexity index is 670. The van der Waals surface area contributed by atoms with Crippen LogP contribution in [-0.2, 0) is 16.1 Å². The SMILES string of the molecule is CC(=O)C(C)C(=O)N(Cc1ccccc1)c1cccc(Br)c1. The third-order valence-electron chi connectivity index (χ3n) is 3.55. The van der Waals surface area contributed by atoms with Crippen LogP contribution in [0.15, 0.2) is 59.1 Å². The zero-order valence-electron chi connectivity index (χ0n) is 12.6. The molecule has 1 amide bonds. The van der Waals surface area contributed by atoms with E-state index >= 15 is 0 Å². The van der Waals surface area contributed by atoms with Crippen LogP contribution in [0.3, 0.4) is 0 Å². The summed E-state index contributed by atoms with van der Waals surface area (Å²) in [5.41, 5.74) is 1.79. The number of carbonyl (C=O) groups is 2. The summed E-state index contributed by atoms with van der Waals surface area (Å²) in [5.74, 6) is -0.963. The maximum atomic E-state index is 12.7. The average molecular weight is 360 g/mol. The van der Waals surface area contributed by atoms with Crippen molar-refractivity contribution in [1.29, 1.82) is 0 Å². The first-order chi connectivity index (χ1) is 10.5. The number of ketones is 1. The molecule has 0 fully saturated rings. The fourth-order valence-corrected chi connectivity index (χ4v) is 2.50. The Hall–Kier alpha value is -1.94. The fraction of sp³-hybridized carbons (Fsp3) is 0.222. The van der Waals surface area contributed by atoms with Crippen molar-refractivity contribution in [3.63, 3.8) is 0 Å². The van der Waals surface area contributed by atoms with Gasteiger partial charge < -0.3 is 4.90 Å². The van der Waals surface area contributed by atoms with Crippen LogP contribution in [0.25, 0.3) is 0 Å². The molecule has 0 spiro atoms. The number of hydrogen-bond acceptors (Lipinski definition) is 2. The van der Waals surface area contributed by atoms with Gasteiger partial charge in [0.2, 0.25) is 5.91 Å². The van der Waals surface area contributed by atoms with Crippen molar-refractivity contribution in [1.82, 2.24) is 0 Å². The molecule has 0 aliphatic heterocycles. The van der Waals surface area contributed by atoms with E-state index in [0.29, 0.717) is 6.54 Å². The molecule has 0 saturated carbocycles. The number of amides is 1. The van der Waals surface area contributed by atoms with Gasteiger partial charge in [0.05, 0.1) is 12.5 Å². The third-order valence-corrected chi connectivity index (χ3v) is 4.04. The second kappa shape index (κ2) is 7.36. The molecule has 2 aromatic rings. The number of rotatable bonds is 5. The van der Waals surface area contributed by atoms with Gasteiger partial charge in [-0.3, -0.25) is 9.59 Å². The van der Waals surface area contributed by atoms with Crippen molar-refractivity contribution < 1.29 is 9.59 Å². The fourth-order valence-electron chi connectivity index (χ4n) is 2.11. The summed E-state index contributed by atoms with van der Waals surface area (Å²) in [6.07, 6.45) is 0. The summed E-state index contributed by atoms with van der Waals surface area (Å²) < 4.78 is 0.895. The standard InChI is InChI=1S/C18H18BrNO2/c1-13(14(2)21)18(22)20(12-15-7-4-3-5-8-15)17-10-6-9-16(19)11-17/h3-11,13H,12H2,1-2H3. The normalized spacial score (nSPS) is 11.8. The van der Waals surface area contributed by atoms with Gasteiger partial charge in [0.1, 0.15) is 5.78 Å².